The first-order valence-electron chi connectivity index (χ1n) is 8.01. The summed E-state index contributed by atoms with van der Waals surface area (Å²) in [6.07, 6.45) is -0.143. The third-order valence-corrected chi connectivity index (χ3v) is 3.51. The van der Waals surface area contributed by atoms with Gasteiger partial charge in [-0.05, 0) is 56.3 Å². The number of hydrogen-bond acceptors (Lipinski definition) is 3. The van der Waals surface area contributed by atoms with Gasteiger partial charge in [-0.1, -0.05) is 0 Å². The molecular weight excluding hydrogens is 340 g/mol. The average molecular weight is 357 g/mol. The van der Waals surface area contributed by atoms with E-state index in [1.165, 1.54) is 36.4 Å². The minimum atomic E-state index is -0.427. The number of anilines is 1. The van der Waals surface area contributed by atoms with Crippen LogP contribution in [-0.4, -0.2) is 22.2 Å². The highest BCUT2D eigenvalue weighted by Gasteiger charge is 2.16. The summed E-state index contributed by atoms with van der Waals surface area (Å²) >= 11 is 0. The Labute approximate surface area is 149 Å². The summed E-state index contributed by atoms with van der Waals surface area (Å²) < 4.78 is 32.1. The van der Waals surface area contributed by atoms with E-state index in [0.29, 0.717) is 22.7 Å². The summed E-state index contributed by atoms with van der Waals surface area (Å²) in [6.45, 7) is 3.67. The molecule has 1 aromatic heterocycles. The van der Waals surface area contributed by atoms with E-state index < -0.39 is 11.7 Å². The minimum Gasteiger partial charge on any atom is -0.490 e. The summed E-state index contributed by atoms with van der Waals surface area (Å²) in [5.41, 5.74) is 1.68. The van der Waals surface area contributed by atoms with Crippen molar-refractivity contribution in [2.75, 3.05) is 5.32 Å². The number of aromatic nitrogens is 2. The molecule has 5 nitrogen and oxygen atoms in total. The van der Waals surface area contributed by atoms with Gasteiger partial charge in [0, 0.05) is 17.3 Å². The normalized spacial score (nSPS) is 10.8. The molecule has 3 aromatic rings. The first-order chi connectivity index (χ1) is 12.4. The lowest BCUT2D eigenvalue weighted by molar-refractivity contribution is 0.102. The predicted molar refractivity (Wildman–Crippen MR) is 94.1 cm³/mol. The molecule has 0 saturated heterocycles. The topological polar surface area (TPSA) is 67.0 Å². The number of nitrogens with one attached hydrogen (secondary N) is 2. The number of H-pyrrole nitrogens is 1. The van der Waals surface area contributed by atoms with Gasteiger partial charge in [-0.25, -0.2) is 8.78 Å². The van der Waals surface area contributed by atoms with Gasteiger partial charge in [0.2, 0.25) is 0 Å². The molecule has 0 fully saturated rings. The van der Waals surface area contributed by atoms with Crippen molar-refractivity contribution in [3.8, 4) is 17.0 Å². The number of carbonyl (C=O) groups is 1. The van der Waals surface area contributed by atoms with E-state index in [2.05, 4.69) is 15.5 Å². The highest BCUT2D eigenvalue weighted by atomic mass is 19.1. The molecule has 1 heterocycles. The fraction of sp³-hybridized carbons (Fsp3) is 0.158. The summed E-state index contributed by atoms with van der Waals surface area (Å²) in [5.74, 6) is -0.893. The number of amides is 1. The van der Waals surface area contributed by atoms with Crippen molar-refractivity contribution < 1.29 is 18.3 Å². The number of aromatic amines is 1. The van der Waals surface area contributed by atoms with Crippen molar-refractivity contribution in [1.29, 1.82) is 0 Å². The number of benzene rings is 2. The van der Waals surface area contributed by atoms with Crippen LogP contribution in [0.5, 0.6) is 5.75 Å². The maximum absolute atomic E-state index is 13.5. The first-order valence-corrected chi connectivity index (χ1v) is 8.01. The molecule has 0 aliphatic heterocycles. The highest BCUT2D eigenvalue weighted by molar-refractivity contribution is 6.03. The molecule has 0 saturated carbocycles. The lowest BCUT2D eigenvalue weighted by Gasteiger charge is -2.13. The molecule has 0 bridgehead atoms. The number of ether oxygens (including phenoxy) is 1. The molecule has 0 spiro atoms. The quantitative estimate of drug-likeness (QED) is 0.711. The van der Waals surface area contributed by atoms with E-state index in [1.807, 2.05) is 13.8 Å². The highest BCUT2D eigenvalue weighted by Crippen LogP contribution is 2.30. The maximum atomic E-state index is 13.5. The van der Waals surface area contributed by atoms with Crippen molar-refractivity contribution in [3.05, 3.63) is 65.9 Å². The van der Waals surface area contributed by atoms with E-state index in [-0.39, 0.29) is 17.6 Å². The summed E-state index contributed by atoms with van der Waals surface area (Å²) in [4.78, 5) is 12.3. The van der Waals surface area contributed by atoms with Crippen LogP contribution in [0.2, 0.25) is 0 Å². The van der Waals surface area contributed by atoms with Gasteiger partial charge in [0.1, 0.15) is 23.1 Å². The molecule has 2 aromatic carbocycles. The fourth-order valence-electron chi connectivity index (χ4n) is 2.37. The average Bonchev–Trinajstić information content (AvgIpc) is 3.06. The Kier molecular flexibility index (Phi) is 4.97. The zero-order chi connectivity index (χ0) is 18.7. The molecule has 2 N–H and O–H groups in total. The Hall–Kier alpha value is -3.22. The number of rotatable bonds is 5. The zero-order valence-corrected chi connectivity index (χ0v) is 14.2. The summed E-state index contributed by atoms with van der Waals surface area (Å²) in [7, 11) is 0. The Balaban J connectivity index is 1.83. The molecule has 1 amide bonds. The Morgan fingerprint density at radius 2 is 1.77 bits per heavy atom. The second-order valence-corrected chi connectivity index (χ2v) is 5.93. The fourth-order valence-corrected chi connectivity index (χ4v) is 2.37. The van der Waals surface area contributed by atoms with E-state index in [0.717, 1.165) is 0 Å². The van der Waals surface area contributed by atoms with Gasteiger partial charge in [-0.2, -0.15) is 5.10 Å². The Morgan fingerprint density at radius 1 is 1.08 bits per heavy atom. The molecule has 26 heavy (non-hydrogen) atoms. The maximum Gasteiger partial charge on any atom is 0.273 e. The number of hydrogen-bond donors (Lipinski definition) is 2. The first kappa shape index (κ1) is 17.6. The third-order valence-electron chi connectivity index (χ3n) is 3.51. The van der Waals surface area contributed by atoms with Crippen LogP contribution in [-0.2, 0) is 0 Å². The number of nitrogens with zero attached hydrogens (tertiary/aromatic N) is 1. The molecule has 0 atom stereocenters. The summed E-state index contributed by atoms with van der Waals surface area (Å²) in [5, 5.41) is 9.40. The lowest BCUT2D eigenvalue weighted by atomic mass is 10.1. The monoisotopic (exact) mass is 357 g/mol. The van der Waals surface area contributed by atoms with Crippen molar-refractivity contribution >= 4 is 11.6 Å². The smallest absolute Gasteiger partial charge is 0.273 e. The summed E-state index contributed by atoms with van der Waals surface area (Å²) in [6, 6.07) is 11.1. The van der Waals surface area contributed by atoms with E-state index in [1.54, 1.807) is 12.1 Å². The lowest BCUT2D eigenvalue weighted by Crippen LogP contribution is -2.12. The van der Waals surface area contributed by atoms with Crippen LogP contribution in [0.25, 0.3) is 11.3 Å². The second kappa shape index (κ2) is 7.35. The molecule has 7 heteroatoms. The zero-order valence-electron chi connectivity index (χ0n) is 14.2. The van der Waals surface area contributed by atoms with Crippen LogP contribution < -0.4 is 10.1 Å². The van der Waals surface area contributed by atoms with Crippen LogP contribution in [0, 0.1) is 11.6 Å². The van der Waals surface area contributed by atoms with E-state index in [4.69, 9.17) is 4.74 Å². The van der Waals surface area contributed by atoms with Gasteiger partial charge in [0.05, 0.1) is 11.8 Å². The second-order valence-electron chi connectivity index (χ2n) is 5.93. The van der Waals surface area contributed by atoms with Crippen molar-refractivity contribution in [3.63, 3.8) is 0 Å². The SMILES string of the molecule is CC(C)Oc1cc(F)ccc1-c1cc(C(=O)Nc2ccc(F)cc2)[nH]n1. The molecule has 0 radical (unpaired) electrons. The minimum absolute atomic E-state index is 0.143. The third kappa shape index (κ3) is 4.05. The van der Waals surface area contributed by atoms with Crippen LogP contribution in [0.4, 0.5) is 14.5 Å². The van der Waals surface area contributed by atoms with E-state index in [9.17, 15) is 13.6 Å². The van der Waals surface area contributed by atoms with Gasteiger partial charge < -0.3 is 10.1 Å². The van der Waals surface area contributed by atoms with Gasteiger partial charge >= 0.3 is 0 Å². The molecule has 0 aliphatic rings. The van der Waals surface area contributed by atoms with Crippen LogP contribution in [0.1, 0.15) is 24.3 Å². The van der Waals surface area contributed by atoms with Gasteiger partial charge in [0.25, 0.3) is 5.91 Å². The van der Waals surface area contributed by atoms with E-state index >= 15 is 0 Å². The Morgan fingerprint density at radius 3 is 2.46 bits per heavy atom. The van der Waals surface area contributed by atoms with Gasteiger partial charge in [0.15, 0.2) is 0 Å². The predicted octanol–water partition coefficient (Wildman–Crippen LogP) is 4.39. The van der Waals surface area contributed by atoms with Gasteiger partial charge in [-0.15, -0.1) is 0 Å². The standard InChI is InChI=1S/C19H17F2N3O2/c1-11(2)26-18-9-13(21)5-8-15(18)16-10-17(24-23-16)19(25)22-14-6-3-12(20)4-7-14/h3-11H,1-2H3,(H,22,25)(H,23,24). The van der Waals surface area contributed by atoms with Crippen molar-refractivity contribution in [1.82, 2.24) is 10.2 Å². The molecular formula is C19H17F2N3O2. The molecule has 0 unspecified atom stereocenters. The molecule has 0 aliphatic carbocycles. The van der Waals surface area contributed by atoms with Crippen LogP contribution in [0.3, 0.4) is 0 Å². The molecule has 134 valence electrons. The number of halogens is 2. The largest absolute Gasteiger partial charge is 0.490 e. The molecule has 3 rings (SSSR count). The Bertz CT molecular complexity index is 921. The van der Waals surface area contributed by atoms with Crippen LogP contribution in [0.15, 0.2) is 48.5 Å². The van der Waals surface area contributed by atoms with Crippen molar-refractivity contribution in [2.45, 2.75) is 20.0 Å². The number of carbonyl (C=O) groups excluding carboxylic acids is 1. The van der Waals surface area contributed by atoms with Gasteiger partial charge in [-0.3, -0.25) is 9.89 Å². The van der Waals surface area contributed by atoms with Crippen molar-refractivity contribution in [2.24, 2.45) is 0 Å². The van der Waals surface area contributed by atoms with Crippen LogP contribution >= 0.6 is 0 Å².